The number of hydrazone groups is 1. The van der Waals surface area contributed by atoms with E-state index in [1.54, 1.807) is 36.4 Å². The van der Waals surface area contributed by atoms with E-state index in [9.17, 15) is 14.9 Å². The Hall–Kier alpha value is -3.27. The molecule has 0 unspecified atom stereocenters. The van der Waals surface area contributed by atoms with Crippen LogP contribution >= 0.6 is 35.0 Å². The zero-order chi connectivity index (χ0) is 24.5. The molecule has 0 heterocycles. The summed E-state index contributed by atoms with van der Waals surface area (Å²) in [6.07, 6.45) is 1.43. The van der Waals surface area contributed by atoms with Crippen LogP contribution in [0.25, 0.3) is 0 Å². The summed E-state index contributed by atoms with van der Waals surface area (Å²) in [4.78, 5) is 23.4. The Labute approximate surface area is 210 Å². The molecule has 3 aromatic rings. The summed E-state index contributed by atoms with van der Waals surface area (Å²) >= 11 is 13.6. The van der Waals surface area contributed by atoms with Crippen molar-refractivity contribution in [3.05, 3.63) is 92.0 Å². The number of hydrogen-bond donors (Lipinski definition) is 1. The quantitative estimate of drug-likeness (QED) is 0.159. The molecule has 3 aromatic carbocycles. The number of amides is 1. The Bertz CT molecular complexity index is 1210. The van der Waals surface area contributed by atoms with E-state index in [-0.39, 0.29) is 34.7 Å². The van der Waals surface area contributed by atoms with Gasteiger partial charge >= 0.3 is 0 Å². The van der Waals surface area contributed by atoms with Crippen molar-refractivity contribution in [2.24, 2.45) is 5.10 Å². The first kappa shape index (κ1) is 25.4. The molecule has 0 aliphatic rings. The molecule has 176 valence electrons. The van der Waals surface area contributed by atoms with Crippen LogP contribution in [0, 0.1) is 10.1 Å². The SMILES string of the molecule is COc1cc(/C=N\NC(=O)CSc2ccc(Cl)cc2)cc(Cl)c1OCc1cccc([N+](=O)[O-])c1. The molecule has 0 aliphatic heterocycles. The van der Waals surface area contributed by atoms with Crippen molar-refractivity contribution in [1.82, 2.24) is 5.43 Å². The van der Waals surface area contributed by atoms with Crippen LogP contribution in [0.2, 0.25) is 10.0 Å². The summed E-state index contributed by atoms with van der Waals surface area (Å²) in [7, 11) is 1.46. The van der Waals surface area contributed by atoms with Gasteiger partial charge in [0.15, 0.2) is 11.5 Å². The monoisotopic (exact) mass is 519 g/mol. The van der Waals surface area contributed by atoms with Crippen molar-refractivity contribution in [2.45, 2.75) is 11.5 Å². The van der Waals surface area contributed by atoms with E-state index in [1.165, 1.54) is 37.2 Å². The van der Waals surface area contributed by atoms with E-state index in [1.807, 2.05) is 12.1 Å². The number of non-ortho nitro benzene ring substituents is 1. The minimum atomic E-state index is -0.472. The van der Waals surface area contributed by atoms with Gasteiger partial charge in [0.2, 0.25) is 5.91 Å². The summed E-state index contributed by atoms with van der Waals surface area (Å²) in [5, 5.41) is 15.8. The number of halogens is 2. The average molecular weight is 520 g/mol. The maximum Gasteiger partial charge on any atom is 0.269 e. The predicted molar refractivity (Wildman–Crippen MR) is 133 cm³/mol. The normalized spacial score (nSPS) is 10.8. The minimum absolute atomic E-state index is 0.0284. The van der Waals surface area contributed by atoms with Gasteiger partial charge in [0.05, 0.1) is 29.0 Å². The number of hydrogen-bond acceptors (Lipinski definition) is 7. The van der Waals surface area contributed by atoms with Crippen LogP contribution in [0.15, 0.2) is 70.7 Å². The Morgan fingerprint density at radius 1 is 1.18 bits per heavy atom. The number of nitro groups is 1. The van der Waals surface area contributed by atoms with Crippen molar-refractivity contribution in [3.8, 4) is 11.5 Å². The van der Waals surface area contributed by atoms with Crippen molar-refractivity contribution in [1.29, 1.82) is 0 Å². The maximum absolute atomic E-state index is 12.0. The first-order valence-electron chi connectivity index (χ1n) is 9.79. The molecule has 34 heavy (non-hydrogen) atoms. The lowest BCUT2D eigenvalue weighted by molar-refractivity contribution is -0.384. The third-order valence-electron chi connectivity index (χ3n) is 4.34. The lowest BCUT2D eigenvalue weighted by Gasteiger charge is -2.13. The fraction of sp³-hybridized carbons (Fsp3) is 0.130. The van der Waals surface area contributed by atoms with Gasteiger partial charge in [0.25, 0.3) is 5.69 Å². The summed E-state index contributed by atoms with van der Waals surface area (Å²) in [5.41, 5.74) is 3.62. The highest BCUT2D eigenvalue weighted by molar-refractivity contribution is 8.00. The van der Waals surface area contributed by atoms with Gasteiger partial charge in [-0.15, -0.1) is 11.8 Å². The predicted octanol–water partition coefficient (Wildman–Crippen LogP) is 5.73. The second-order valence-electron chi connectivity index (χ2n) is 6.79. The van der Waals surface area contributed by atoms with E-state index in [4.69, 9.17) is 32.7 Å². The van der Waals surface area contributed by atoms with Gasteiger partial charge in [-0.2, -0.15) is 5.10 Å². The van der Waals surface area contributed by atoms with Crippen LogP contribution in [0.3, 0.4) is 0 Å². The highest BCUT2D eigenvalue weighted by atomic mass is 35.5. The number of nitrogens with zero attached hydrogens (tertiary/aromatic N) is 2. The van der Waals surface area contributed by atoms with Gasteiger partial charge in [0.1, 0.15) is 6.61 Å². The molecule has 3 rings (SSSR count). The fourth-order valence-electron chi connectivity index (χ4n) is 2.76. The number of benzene rings is 3. The van der Waals surface area contributed by atoms with E-state index in [0.29, 0.717) is 21.9 Å². The Kier molecular flexibility index (Phi) is 9.15. The smallest absolute Gasteiger partial charge is 0.269 e. The molecular formula is C23H19Cl2N3O5S. The number of ether oxygens (including phenoxy) is 2. The van der Waals surface area contributed by atoms with Gasteiger partial charge in [0, 0.05) is 22.1 Å². The first-order chi connectivity index (χ1) is 16.4. The molecule has 1 N–H and O–H groups in total. The topological polar surface area (TPSA) is 103 Å². The lowest BCUT2D eigenvalue weighted by atomic mass is 10.2. The van der Waals surface area contributed by atoms with Crippen LogP contribution < -0.4 is 14.9 Å². The molecule has 0 saturated heterocycles. The van der Waals surface area contributed by atoms with Crippen molar-refractivity contribution in [2.75, 3.05) is 12.9 Å². The molecule has 11 heteroatoms. The summed E-state index contributed by atoms with van der Waals surface area (Å²) < 4.78 is 11.1. The number of nitro benzene ring substituents is 1. The molecule has 1 amide bonds. The summed E-state index contributed by atoms with van der Waals surface area (Å²) in [5.74, 6) is 0.555. The van der Waals surface area contributed by atoms with Crippen LogP contribution in [0.4, 0.5) is 5.69 Å². The largest absolute Gasteiger partial charge is 0.493 e. The number of carbonyl (C=O) groups excluding carboxylic acids is 1. The second-order valence-corrected chi connectivity index (χ2v) is 8.68. The molecule has 0 aromatic heterocycles. The van der Waals surface area contributed by atoms with Gasteiger partial charge in [-0.05, 0) is 47.5 Å². The van der Waals surface area contributed by atoms with E-state index < -0.39 is 4.92 Å². The van der Waals surface area contributed by atoms with Crippen LogP contribution in [-0.4, -0.2) is 29.9 Å². The third-order valence-corrected chi connectivity index (χ3v) is 5.89. The van der Waals surface area contributed by atoms with E-state index in [2.05, 4.69) is 10.5 Å². The maximum atomic E-state index is 12.0. The number of thioether (sulfide) groups is 1. The molecule has 0 aliphatic carbocycles. The number of carbonyl (C=O) groups is 1. The minimum Gasteiger partial charge on any atom is -0.493 e. The van der Waals surface area contributed by atoms with Crippen LogP contribution in [-0.2, 0) is 11.4 Å². The van der Waals surface area contributed by atoms with Gasteiger partial charge in [-0.3, -0.25) is 14.9 Å². The highest BCUT2D eigenvalue weighted by Gasteiger charge is 2.13. The van der Waals surface area contributed by atoms with Gasteiger partial charge in [-0.1, -0.05) is 35.3 Å². The molecule has 0 radical (unpaired) electrons. The van der Waals surface area contributed by atoms with Gasteiger partial charge in [-0.25, -0.2) is 5.43 Å². The number of methoxy groups -OCH3 is 1. The van der Waals surface area contributed by atoms with E-state index >= 15 is 0 Å². The van der Waals surface area contributed by atoms with Crippen molar-refractivity contribution in [3.63, 3.8) is 0 Å². The standard InChI is InChI=1S/C23H19Cl2N3O5S/c1-32-21-11-16(12-26-27-22(29)14-34-19-7-5-17(24)6-8-19)10-20(25)23(21)33-13-15-3-2-4-18(9-15)28(30)31/h2-12H,13-14H2,1H3,(H,27,29)/b26-12-. The van der Waals surface area contributed by atoms with Crippen LogP contribution in [0.5, 0.6) is 11.5 Å². The third kappa shape index (κ3) is 7.38. The Balaban J connectivity index is 1.59. The summed E-state index contributed by atoms with van der Waals surface area (Å²) in [6.45, 7) is 0.0620. The lowest BCUT2D eigenvalue weighted by Crippen LogP contribution is -2.19. The molecular weight excluding hydrogens is 501 g/mol. The molecule has 8 nitrogen and oxygen atoms in total. The van der Waals surface area contributed by atoms with Gasteiger partial charge < -0.3 is 9.47 Å². The molecule has 0 fully saturated rings. The average Bonchev–Trinajstić information content (AvgIpc) is 2.83. The van der Waals surface area contributed by atoms with Crippen molar-refractivity contribution >= 4 is 52.8 Å². The highest BCUT2D eigenvalue weighted by Crippen LogP contribution is 2.36. The molecule has 0 spiro atoms. The van der Waals surface area contributed by atoms with Crippen molar-refractivity contribution < 1.29 is 19.2 Å². The van der Waals surface area contributed by atoms with E-state index in [0.717, 1.165) is 4.90 Å². The Morgan fingerprint density at radius 3 is 2.65 bits per heavy atom. The zero-order valence-corrected chi connectivity index (χ0v) is 20.2. The Morgan fingerprint density at radius 2 is 1.94 bits per heavy atom. The first-order valence-corrected chi connectivity index (χ1v) is 11.5. The molecule has 0 bridgehead atoms. The molecule has 0 atom stereocenters. The number of rotatable bonds is 10. The molecule has 0 saturated carbocycles. The number of nitrogens with one attached hydrogen (secondary N) is 1. The second kappa shape index (κ2) is 12.3. The summed E-state index contributed by atoms with van der Waals surface area (Å²) in [6, 6.07) is 16.6. The van der Waals surface area contributed by atoms with Crippen LogP contribution in [0.1, 0.15) is 11.1 Å². The zero-order valence-electron chi connectivity index (χ0n) is 17.9. The fourth-order valence-corrected chi connectivity index (χ4v) is 3.85.